The van der Waals surface area contributed by atoms with Crippen molar-refractivity contribution in [2.45, 2.75) is 76.4 Å². The van der Waals surface area contributed by atoms with E-state index in [9.17, 15) is 5.26 Å². The summed E-state index contributed by atoms with van der Waals surface area (Å²) in [7, 11) is 0. The molecule has 0 saturated heterocycles. The maximum Gasteiger partial charge on any atom is 0.143 e. The highest BCUT2D eigenvalue weighted by Gasteiger charge is 2.44. The third kappa shape index (κ3) is 3.67. The third-order valence-corrected chi connectivity index (χ3v) is 7.41. The number of rotatable bonds is 5. The summed E-state index contributed by atoms with van der Waals surface area (Å²) < 4.78 is 6.54. The SMILES string of the molecule is CC1(C)Cc2c(ccc(O[C@H]3CC[C@H](N)CC3)c2NCC2(C#N)CC2)-c2ncnc(N)c21. The number of fused-ring (bicyclic) bond motifs is 3. The first-order valence-electron chi connectivity index (χ1n) is 11.7. The number of nitrogen functional groups attached to an aromatic ring is 1. The van der Waals surface area contributed by atoms with Gasteiger partial charge in [0.2, 0.25) is 0 Å². The Hall–Kier alpha value is -2.85. The normalized spacial score (nSPS) is 24.6. The molecule has 2 aromatic rings. The largest absolute Gasteiger partial charge is 0.488 e. The lowest BCUT2D eigenvalue weighted by Crippen LogP contribution is -2.32. The predicted octanol–water partition coefficient (Wildman–Crippen LogP) is 3.92. The smallest absolute Gasteiger partial charge is 0.143 e. The van der Waals surface area contributed by atoms with Crippen LogP contribution in [0.4, 0.5) is 11.5 Å². The van der Waals surface area contributed by atoms with E-state index >= 15 is 0 Å². The second kappa shape index (κ2) is 7.63. The molecule has 5 rings (SSSR count). The van der Waals surface area contributed by atoms with Crippen LogP contribution in [0.2, 0.25) is 0 Å². The first kappa shape index (κ1) is 21.0. The number of nitrogens with zero attached hydrogens (tertiary/aromatic N) is 3. The first-order valence-corrected chi connectivity index (χ1v) is 11.7. The summed E-state index contributed by atoms with van der Waals surface area (Å²) in [5.41, 5.74) is 17.0. The molecule has 2 fully saturated rings. The van der Waals surface area contributed by atoms with Gasteiger partial charge in [-0.1, -0.05) is 13.8 Å². The van der Waals surface area contributed by atoms with E-state index in [-0.39, 0.29) is 23.0 Å². The van der Waals surface area contributed by atoms with Crippen LogP contribution in [-0.4, -0.2) is 28.7 Å². The van der Waals surface area contributed by atoms with Crippen molar-refractivity contribution in [3.63, 3.8) is 0 Å². The Labute approximate surface area is 189 Å². The van der Waals surface area contributed by atoms with E-state index < -0.39 is 0 Å². The highest BCUT2D eigenvalue weighted by Crippen LogP contribution is 2.50. The minimum atomic E-state index is -0.258. The van der Waals surface area contributed by atoms with Gasteiger partial charge in [0, 0.05) is 23.7 Å². The molecular formula is C25H32N6O. The van der Waals surface area contributed by atoms with E-state index in [0.717, 1.165) is 73.2 Å². The first-order chi connectivity index (χ1) is 15.3. The van der Waals surface area contributed by atoms with Crippen LogP contribution in [0.25, 0.3) is 11.3 Å². The van der Waals surface area contributed by atoms with E-state index in [0.29, 0.717) is 12.4 Å². The van der Waals surface area contributed by atoms with Gasteiger partial charge in [0.05, 0.1) is 29.0 Å². The number of ether oxygens (including phenoxy) is 1. The van der Waals surface area contributed by atoms with Crippen LogP contribution < -0.4 is 21.5 Å². The number of nitrogens with one attached hydrogen (secondary N) is 1. The van der Waals surface area contributed by atoms with Crippen molar-refractivity contribution < 1.29 is 4.74 Å². The molecular weight excluding hydrogens is 400 g/mol. The maximum atomic E-state index is 9.61. The van der Waals surface area contributed by atoms with Crippen molar-refractivity contribution in [3.8, 4) is 23.1 Å². The molecule has 0 unspecified atom stereocenters. The van der Waals surface area contributed by atoms with Gasteiger partial charge in [-0.05, 0) is 68.1 Å². The van der Waals surface area contributed by atoms with Crippen molar-refractivity contribution in [1.82, 2.24) is 9.97 Å². The molecule has 32 heavy (non-hydrogen) atoms. The quantitative estimate of drug-likeness (QED) is 0.654. The average Bonchev–Trinajstić information content (AvgIpc) is 3.54. The molecule has 0 spiro atoms. The van der Waals surface area contributed by atoms with E-state index in [1.165, 1.54) is 11.9 Å². The molecule has 3 aliphatic rings. The Kier molecular flexibility index (Phi) is 5.01. The highest BCUT2D eigenvalue weighted by molar-refractivity contribution is 5.82. The topological polar surface area (TPSA) is 123 Å². The van der Waals surface area contributed by atoms with Crippen molar-refractivity contribution in [2.75, 3.05) is 17.6 Å². The molecule has 3 aliphatic carbocycles. The van der Waals surface area contributed by atoms with E-state index in [2.05, 4.69) is 41.3 Å². The highest BCUT2D eigenvalue weighted by atomic mass is 16.5. The van der Waals surface area contributed by atoms with Crippen molar-refractivity contribution in [1.29, 1.82) is 5.26 Å². The minimum Gasteiger partial charge on any atom is -0.488 e. The zero-order valence-electron chi connectivity index (χ0n) is 18.9. The summed E-state index contributed by atoms with van der Waals surface area (Å²) in [5, 5.41) is 13.2. The molecule has 7 heteroatoms. The van der Waals surface area contributed by atoms with Crippen LogP contribution in [0.15, 0.2) is 18.5 Å². The lowest BCUT2D eigenvalue weighted by Gasteiger charge is -2.36. The predicted molar refractivity (Wildman–Crippen MR) is 125 cm³/mol. The van der Waals surface area contributed by atoms with Crippen LogP contribution in [0.1, 0.15) is 63.5 Å². The summed E-state index contributed by atoms with van der Waals surface area (Å²) in [6.07, 6.45) is 8.31. The van der Waals surface area contributed by atoms with Crippen LogP contribution in [-0.2, 0) is 11.8 Å². The average molecular weight is 433 g/mol. The molecule has 1 heterocycles. The fourth-order valence-electron chi connectivity index (χ4n) is 5.25. The fraction of sp³-hybridized carbons (Fsp3) is 0.560. The van der Waals surface area contributed by atoms with Crippen LogP contribution in [0, 0.1) is 16.7 Å². The van der Waals surface area contributed by atoms with Gasteiger partial charge in [-0.3, -0.25) is 0 Å². The van der Waals surface area contributed by atoms with Gasteiger partial charge in [-0.15, -0.1) is 0 Å². The zero-order valence-corrected chi connectivity index (χ0v) is 18.9. The van der Waals surface area contributed by atoms with Crippen LogP contribution >= 0.6 is 0 Å². The van der Waals surface area contributed by atoms with Gasteiger partial charge in [0.1, 0.15) is 17.9 Å². The standard InChI is InChI=1S/C25H32N6O/c1-24(2)11-18-17(22-20(24)23(28)31-14-30-22)7-8-19(32-16-5-3-15(27)4-6-16)21(18)29-13-25(12-26)9-10-25/h7-8,14-16,29H,3-6,9-11,13,27H2,1-2H3,(H2,28,30,31)/t15-,16-. The number of anilines is 2. The number of aromatic nitrogens is 2. The van der Waals surface area contributed by atoms with Gasteiger partial charge in [-0.25, -0.2) is 9.97 Å². The molecule has 2 saturated carbocycles. The summed E-state index contributed by atoms with van der Waals surface area (Å²) in [5.74, 6) is 1.40. The number of benzene rings is 1. The Morgan fingerprint density at radius 2 is 1.94 bits per heavy atom. The summed E-state index contributed by atoms with van der Waals surface area (Å²) in [6, 6.07) is 6.92. The zero-order chi connectivity index (χ0) is 22.5. The number of nitriles is 1. The number of hydrogen-bond donors (Lipinski definition) is 3. The molecule has 0 aliphatic heterocycles. The monoisotopic (exact) mass is 432 g/mol. The molecule has 0 radical (unpaired) electrons. The minimum absolute atomic E-state index is 0.168. The van der Waals surface area contributed by atoms with Crippen molar-refractivity contribution in [3.05, 3.63) is 29.6 Å². The molecule has 1 aromatic carbocycles. The molecule has 168 valence electrons. The van der Waals surface area contributed by atoms with Gasteiger partial charge < -0.3 is 21.5 Å². The lowest BCUT2D eigenvalue weighted by atomic mass is 9.71. The van der Waals surface area contributed by atoms with Crippen molar-refractivity contribution in [2.24, 2.45) is 11.1 Å². The van der Waals surface area contributed by atoms with Crippen molar-refractivity contribution >= 4 is 11.5 Å². The third-order valence-electron chi connectivity index (χ3n) is 7.41. The molecule has 7 nitrogen and oxygen atoms in total. The van der Waals surface area contributed by atoms with Gasteiger partial charge >= 0.3 is 0 Å². The van der Waals surface area contributed by atoms with E-state index in [1.807, 2.05) is 6.07 Å². The molecule has 5 N–H and O–H groups in total. The molecule has 0 bridgehead atoms. The fourth-order valence-corrected chi connectivity index (χ4v) is 5.25. The number of hydrogen-bond acceptors (Lipinski definition) is 7. The molecule has 0 amide bonds. The summed E-state index contributed by atoms with van der Waals surface area (Å²) >= 11 is 0. The summed E-state index contributed by atoms with van der Waals surface area (Å²) in [6.45, 7) is 5.00. The summed E-state index contributed by atoms with van der Waals surface area (Å²) in [4.78, 5) is 8.88. The Bertz CT molecular complexity index is 1080. The molecule has 0 atom stereocenters. The molecule has 1 aromatic heterocycles. The Morgan fingerprint density at radius 3 is 2.62 bits per heavy atom. The second-order valence-corrected chi connectivity index (χ2v) is 10.4. The second-order valence-electron chi connectivity index (χ2n) is 10.4. The maximum absolute atomic E-state index is 9.61. The lowest BCUT2D eigenvalue weighted by molar-refractivity contribution is 0.148. The Morgan fingerprint density at radius 1 is 1.19 bits per heavy atom. The Balaban J connectivity index is 1.56. The van der Waals surface area contributed by atoms with E-state index in [1.54, 1.807) is 0 Å². The van der Waals surface area contributed by atoms with Gasteiger partial charge in [0.15, 0.2) is 0 Å². The van der Waals surface area contributed by atoms with Gasteiger partial charge in [0.25, 0.3) is 0 Å². The van der Waals surface area contributed by atoms with Crippen LogP contribution in [0.3, 0.4) is 0 Å². The van der Waals surface area contributed by atoms with E-state index in [4.69, 9.17) is 16.2 Å². The van der Waals surface area contributed by atoms with Crippen LogP contribution in [0.5, 0.6) is 5.75 Å². The van der Waals surface area contributed by atoms with Gasteiger partial charge in [-0.2, -0.15) is 5.26 Å². The number of nitrogens with two attached hydrogens (primary N) is 2.